The molecule has 0 fully saturated rings. The van der Waals surface area contributed by atoms with Crippen LogP contribution in [0.15, 0.2) is 42.6 Å². The summed E-state index contributed by atoms with van der Waals surface area (Å²) in [5, 5.41) is 18.9. The van der Waals surface area contributed by atoms with Crippen LogP contribution in [0, 0.1) is 0 Å². The van der Waals surface area contributed by atoms with Crippen molar-refractivity contribution in [3.63, 3.8) is 0 Å². The first-order chi connectivity index (χ1) is 13.5. The molecule has 0 saturated carbocycles. The molecule has 3 N–H and O–H groups in total. The number of aliphatic hydroxyl groups excluding tert-OH is 2. The minimum absolute atomic E-state index is 0.00411. The van der Waals surface area contributed by atoms with E-state index in [9.17, 15) is 31.5 Å². The Bertz CT molecular complexity index is 929. The van der Waals surface area contributed by atoms with Crippen molar-refractivity contribution in [2.24, 2.45) is 0 Å². The number of amides is 1. The van der Waals surface area contributed by atoms with Gasteiger partial charge in [-0.3, -0.25) is 9.78 Å². The van der Waals surface area contributed by atoms with Crippen molar-refractivity contribution in [1.82, 2.24) is 9.71 Å². The highest BCUT2D eigenvalue weighted by atomic mass is 32.2. The van der Waals surface area contributed by atoms with E-state index >= 15 is 0 Å². The van der Waals surface area contributed by atoms with E-state index in [1.807, 2.05) is 4.72 Å². The Kier molecular flexibility index (Phi) is 7.33. The van der Waals surface area contributed by atoms with Gasteiger partial charge in [-0.2, -0.15) is 13.2 Å². The molecule has 1 heterocycles. The summed E-state index contributed by atoms with van der Waals surface area (Å²) in [7, 11) is -3.99. The Hall–Kier alpha value is -2.50. The lowest BCUT2D eigenvalue weighted by molar-refractivity contribution is -0.137. The molecule has 29 heavy (non-hydrogen) atoms. The number of nitrogens with zero attached hydrogens (tertiary/aromatic N) is 1. The zero-order valence-corrected chi connectivity index (χ0v) is 15.9. The molecular formula is C18H19F3N2O5S. The van der Waals surface area contributed by atoms with Gasteiger partial charge >= 0.3 is 6.18 Å². The van der Waals surface area contributed by atoms with Crippen LogP contribution in [-0.2, 0) is 22.8 Å². The smallest absolute Gasteiger partial charge is 0.390 e. The predicted molar refractivity (Wildman–Crippen MR) is 97.1 cm³/mol. The van der Waals surface area contributed by atoms with Crippen molar-refractivity contribution in [3.8, 4) is 0 Å². The Balaban J connectivity index is 1.87. The van der Waals surface area contributed by atoms with Crippen LogP contribution in [-0.4, -0.2) is 35.3 Å². The summed E-state index contributed by atoms with van der Waals surface area (Å²) < 4.78 is 63.5. The lowest BCUT2D eigenvalue weighted by Crippen LogP contribution is -2.32. The molecule has 0 saturated heterocycles. The van der Waals surface area contributed by atoms with Crippen molar-refractivity contribution >= 4 is 15.9 Å². The molecule has 1 atom stereocenters. The maximum Gasteiger partial charge on any atom is 0.416 e. The lowest BCUT2D eigenvalue weighted by Gasteiger charge is -2.13. The zero-order valence-electron chi connectivity index (χ0n) is 15.1. The highest BCUT2D eigenvalue weighted by Crippen LogP contribution is 2.30. The van der Waals surface area contributed by atoms with E-state index < -0.39 is 39.5 Å². The molecule has 0 radical (unpaired) electrons. The quantitative estimate of drug-likeness (QED) is 0.589. The first kappa shape index (κ1) is 22.8. The van der Waals surface area contributed by atoms with Crippen LogP contribution in [0.25, 0.3) is 0 Å². The minimum Gasteiger partial charge on any atom is -0.390 e. The number of hydrogen-bond acceptors (Lipinski definition) is 6. The number of sulfonamides is 1. The number of hydrogen-bond donors (Lipinski definition) is 3. The van der Waals surface area contributed by atoms with E-state index in [0.717, 1.165) is 30.5 Å². The van der Waals surface area contributed by atoms with Gasteiger partial charge in [0, 0.05) is 6.20 Å². The third-order valence-electron chi connectivity index (χ3n) is 4.01. The summed E-state index contributed by atoms with van der Waals surface area (Å²) in [5.74, 6) is -1.34. The highest BCUT2D eigenvalue weighted by molar-refractivity contribution is 7.90. The molecule has 0 aliphatic carbocycles. The fourth-order valence-corrected chi connectivity index (χ4v) is 3.48. The Morgan fingerprint density at radius 2 is 1.79 bits per heavy atom. The molecule has 2 aromatic rings. The highest BCUT2D eigenvalue weighted by Gasteiger charge is 2.30. The molecule has 0 aliphatic rings. The molecule has 2 rings (SSSR count). The number of rotatable bonds is 8. The van der Waals surface area contributed by atoms with Crippen molar-refractivity contribution < 1.29 is 36.6 Å². The van der Waals surface area contributed by atoms with E-state index in [0.29, 0.717) is 5.69 Å². The normalized spacial score (nSPS) is 13.1. The topological polar surface area (TPSA) is 117 Å². The van der Waals surface area contributed by atoms with Crippen molar-refractivity contribution in [3.05, 3.63) is 65.0 Å². The number of carbonyl (C=O) groups excluding carboxylic acids is 1. The predicted octanol–water partition coefficient (Wildman–Crippen LogP) is 2.17. The summed E-state index contributed by atoms with van der Waals surface area (Å²) >= 11 is 0. The van der Waals surface area contributed by atoms with Gasteiger partial charge in [0.2, 0.25) is 10.0 Å². The van der Waals surface area contributed by atoms with E-state index in [1.165, 1.54) is 12.1 Å². The van der Waals surface area contributed by atoms with Crippen LogP contribution in [0.4, 0.5) is 13.2 Å². The van der Waals surface area contributed by atoms with Gasteiger partial charge < -0.3 is 10.2 Å². The van der Waals surface area contributed by atoms with Gasteiger partial charge in [-0.1, -0.05) is 12.1 Å². The van der Waals surface area contributed by atoms with Crippen molar-refractivity contribution in [1.29, 1.82) is 0 Å². The zero-order chi connectivity index (χ0) is 21.7. The number of carbonyl (C=O) groups is 1. The molecule has 1 amide bonds. The molecule has 0 aliphatic heterocycles. The summed E-state index contributed by atoms with van der Waals surface area (Å²) in [6, 6.07) is 6.64. The van der Waals surface area contributed by atoms with Crippen molar-refractivity contribution in [2.45, 2.75) is 31.7 Å². The van der Waals surface area contributed by atoms with Gasteiger partial charge in [-0.15, -0.1) is 0 Å². The lowest BCUT2D eigenvalue weighted by atomic mass is 10.0. The summed E-state index contributed by atoms with van der Waals surface area (Å²) in [5.41, 5.74) is -0.299. The molecule has 1 aromatic heterocycles. The second-order valence-corrected chi connectivity index (χ2v) is 8.07. The second-order valence-electron chi connectivity index (χ2n) is 6.22. The Morgan fingerprint density at radius 1 is 1.14 bits per heavy atom. The average molecular weight is 432 g/mol. The average Bonchev–Trinajstić information content (AvgIpc) is 2.67. The second kappa shape index (κ2) is 9.33. The number of aromatic nitrogens is 1. The third kappa shape index (κ3) is 6.80. The van der Waals surface area contributed by atoms with Gasteiger partial charge in [-0.05, 0) is 42.7 Å². The standard InChI is InChI=1S/C18H19F3N2O5S/c19-18(20,21)14-6-3-12(4-7-14)16(25)2-1-9-29(27,28)23-17(26)13-5-8-15(11-24)22-10-13/h3-8,10,16,24-25H,1-2,9,11H2,(H,23,26). The Morgan fingerprint density at radius 3 is 2.31 bits per heavy atom. The van der Waals surface area contributed by atoms with Gasteiger partial charge in [0.1, 0.15) is 0 Å². The summed E-state index contributed by atoms with van der Waals surface area (Å²) in [6.45, 7) is -0.318. The molecule has 1 unspecified atom stereocenters. The first-order valence-electron chi connectivity index (χ1n) is 8.47. The molecule has 11 heteroatoms. The molecule has 1 aromatic carbocycles. The fourth-order valence-electron chi connectivity index (χ4n) is 2.43. The van der Waals surface area contributed by atoms with Crippen molar-refractivity contribution in [2.75, 3.05) is 5.75 Å². The van der Waals surface area contributed by atoms with Crippen LogP contribution in [0.5, 0.6) is 0 Å². The number of pyridine rings is 1. The SMILES string of the molecule is O=C(NS(=O)(=O)CCCC(O)c1ccc(C(F)(F)F)cc1)c1ccc(CO)nc1. The van der Waals surface area contributed by atoms with Gasteiger partial charge in [0.25, 0.3) is 5.91 Å². The van der Waals surface area contributed by atoms with Gasteiger partial charge in [-0.25, -0.2) is 13.1 Å². The van der Waals surface area contributed by atoms with Gasteiger partial charge in [0.05, 0.1) is 35.3 Å². The van der Waals surface area contributed by atoms with E-state index in [2.05, 4.69) is 4.98 Å². The number of nitrogens with one attached hydrogen (secondary N) is 1. The fraction of sp³-hybridized carbons (Fsp3) is 0.333. The van der Waals surface area contributed by atoms with E-state index in [-0.39, 0.29) is 30.6 Å². The molecule has 7 nitrogen and oxygen atoms in total. The summed E-state index contributed by atoms with van der Waals surface area (Å²) in [6.07, 6.45) is -4.54. The molecule has 0 bridgehead atoms. The number of aliphatic hydroxyl groups is 2. The molecule has 0 spiro atoms. The molecule has 158 valence electrons. The van der Waals surface area contributed by atoms with Crippen LogP contribution in [0.3, 0.4) is 0 Å². The number of alkyl halides is 3. The van der Waals surface area contributed by atoms with Crippen LogP contribution in [0.1, 0.15) is 46.1 Å². The third-order valence-corrected chi connectivity index (χ3v) is 5.33. The maximum absolute atomic E-state index is 12.5. The summed E-state index contributed by atoms with van der Waals surface area (Å²) in [4.78, 5) is 15.7. The molecular weight excluding hydrogens is 413 g/mol. The minimum atomic E-state index is -4.48. The first-order valence-corrected chi connectivity index (χ1v) is 10.1. The Labute approximate surface area is 165 Å². The van der Waals surface area contributed by atoms with E-state index in [1.54, 1.807) is 0 Å². The largest absolute Gasteiger partial charge is 0.416 e. The van der Waals surface area contributed by atoms with E-state index in [4.69, 9.17) is 5.11 Å². The number of benzene rings is 1. The number of halogens is 3. The van der Waals surface area contributed by atoms with Crippen LogP contribution < -0.4 is 4.72 Å². The monoisotopic (exact) mass is 432 g/mol. The maximum atomic E-state index is 12.5. The van der Waals surface area contributed by atoms with Gasteiger partial charge in [0.15, 0.2) is 0 Å². The van der Waals surface area contributed by atoms with Crippen LogP contribution in [0.2, 0.25) is 0 Å². The van der Waals surface area contributed by atoms with Crippen LogP contribution >= 0.6 is 0 Å².